The summed E-state index contributed by atoms with van der Waals surface area (Å²) >= 11 is 3.46. The first-order valence-corrected chi connectivity index (χ1v) is 9.10. The van der Waals surface area contributed by atoms with Crippen molar-refractivity contribution in [1.82, 2.24) is 19.8 Å². The van der Waals surface area contributed by atoms with Crippen molar-refractivity contribution in [2.45, 2.75) is 27.4 Å². The number of ketones is 1. The molecule has 7 nitrogen and oxygen atoms in total. The van der Waals surface area contributed by atoms with Crippen molar-refractivity contribution in [3.05, 3.63) is 67.5 Å². The van der Waals surface area contributed by atoms with Crippen LogP contribution in [-0.4, -0.2) is 25.6 Å². The van der Waals surface area contributed by atoms with E-state index >= 15 is 0 Å². The molecule has 0 spiro atoms. The average Bonchev–Trinajstić information content (AvgIpc) is 2.95. The largest absolute Gasteiger partial charge is 0.488 e. The zero-order valence-corrected chi connectivity index (χ0v) is 17.1. The van der Waals surface area contributed by atoms with Crippen LogP contribution in [0.15, 0.2) is 39.6 Å². The van der Waals surface area contributed by atoms with Crippen LogP contribution >= 0.6 is 15.9 Å². The highest BCUT2D eigenvalue weighted by atomic mass is 79.9. The van der Waals surface area contributed by atoms with Gasteiger partial charge in [-0.1, -0.05) is 12.1 Å². The van der Waals surface area contributed by atoms with Crippen LogP contribution in [-0.2, 0) is 13.7 Å². The minimum absolute atomic E-state index is 0.00275. The molecule has 1 heterocycles. The fourth-order valence-corrected chi connectivity index (χ4v) is 3.29. The number of carbonyl (C=O) groups is 1. The molecule has 0 aliphatic rings. The molecule has 0 atom stereocenters. The Kier molecular flexibility index (Phi) is 5.27. The number of hydrogen-bond donors (Lipinski definition) is 0. The third kappa shape index (κ3) is 3.71. The van der Waals surface area contributed by atoms with Crippen LogP contribution in [0.3, 0.4) is 0 Å². The molecule has 8 heteroatoms. The minimum atomic E-state index is -0.329. The number of ether oxygens (including phenoxy) is 1. The van der Waals surface area contributed by atoms with Gasteiger partial charge >= 0.3 is 5.69 Å². The van der Waals surface area contributed by atoms with Crippen LogP contribution in [0.2, 0.25) is 0 Å². The molecule has 140 valence electrons. The number of carbonyl (C=O) groups excluding carboxylic acids is 1. The second-order valence-corrected chi connectivity index (χ2v) is 7.17. The lowest BCUT2D eigenvalue weighted by Crippen LogP contribution is -2.23. The van der Waals surface area contributed by atoms with Crippen molar-refractivity contribution >= 4 is 21.7 Å². The number of Topliss-reactive ketones (excluding diaryl/α,β-unsaturated/α-hetero) is 1. The smallest absolute Gasteiger partial charge is 0.368 e. The number of tetrazole rings is 1. The standard InChI is InChI=1S/C19H19BrN4O3/c1-11-6-5-7-17(24-19(26)23(4)21-22-24)15(11)10-27-18-8-12(2)14(13(3)25)9-16(18)20/h5-9H,10H2,1-4H3. The second kappa shape index (κ2) is 7.48. The molecule has 0 saturated heterocycles. The van der Waals surface area contributed by atoms with E-state index in [-0.39, 0.29) is 18.1 Å². The number of nitrogens with zero attached hydrogens (tertiary/aromatic N) is 4. The predicted octanol–water partition coefficient (Wildman–Crippen LogP) is 3.13. The van der Waals surface area contributed by atoms with E-state index in [2.05, 4.69) is 26.4 Å². The van der Waals surface area contributed by atoms with E-state index in [0.29, 0.717) is 21.5 Å². The Bertz CT molecular complexity index is 1090. The van der Waals surface area contributed by atoms with Crippen LogP contribution < -0.4 is 10.4 Å². The molecule has 2 aromatic carbocycles. The molecule has 0 N–H and O–H groups in total. The van der Waals surface area contributed by atoms with Gasteiger partial charge in [0.05, 0.1) is 10.2 Å². The van der Waals surface area contributed by atoms with Crippen LogP contribution in [0.25, 0.3) is 5.69 Å². The number of halogens is 1. The van der Waals surface area contributed by atoms with E-state index in [0.717, 1.165) is 16.7 Å². The van der Waals surface area contributed by atoms with Gasteiger partial charge in [0, 0.05) is 18.2 Å². The van der Waals surface area contributed by atoms with E-state index in [9.17, 15) is 9.59 Å². The van der Waals surface area contributed by atoms with Crippen molar-refractivity contribution in [2.24, 2.45) is 7.05 Å². The van der Waals surface area contributed by atoms with Gasteiger partial charge in [0.2, 0.25) is 0 Å². The van der Waals surface area contributed by atoms with Gasteiger partial charge in [-0.05, 0) is 76.5 Å². The van der Waals surface area contributed by atoms with Crippen molar-refractivity contribution in [1.29, 1.82) is 0 Å². The molecule has 0 saturated carbocycles. The maximum absolute atomic E-state index is 12.2. The van der Waals surface area contributed by atoms with Crippen molar-refractivity contribution < 1.29 is 9.53 Å². The molecule has 0 aliphatic heterocycles. The third-order valence-corrected chi connectivity index (χ3v) is 4.99. The molecule has 0 fully saturated rings. The highest BCUT2D eigenvalue weighted by molar-refractivity contribution is 9.10. The summed E-state index contributed by atoms with van der Waals surface area (Å²) in [5, 5.41) is 7.69. The van der Waals surface area contributed by atoms with Gasteiger partial charge in [-0.2, -0.15) is 9.36 Å². The maximum Gasteiger partial charge on any atom is 0.368 e. The lowest BCUT2D eigenvalue weighted by Gasteiger charge is -2.15. The van der Waals surface area contributed by atoms with Gasteiger partial charge in [-0.15, -0.1) is 0 Å². The maximum atomic E-state index is 12.2. The normalized spacial score (nSPS) is 10.9. The lowest BCUT2D eigenvalue weighted by atomic mass is 10.1. The molecule has 0 amide bonds. The zero-order valence-electron chi connectivity index (χ0n) is 15.5. The monoisotopic (exact) mass is 430 g/mol. The lowest BCUT2D eigenvalue weighted by molar-refractivity contribution is 0.101. The first-order chi connectivity index (χ1) is 12.8. The Labute approximate surface area is 164 Å². The number of aromatic nitrogens is 4. The Hall–Kier alpha value is -2.74. The number of rotatable bonds is 5. The molecular weight excluding hydrogens is 412 g/mol. The zero-order chi connectivity index (χ0) is 19.7. The molecule has 0 bridgehead atoms. The van der Waals surface area contributed by atoms with Crippen LogP contribution in [0, 0.1) is 13.8 Å². The van der Waals surface area contributed by atoms with E-state index < -0.39 is 0 Å². The predicted molar refractivity (Wildman–Crippen MR) is 105 cm³/mol. The topological polar surface area (TPSA) is 79.0 Å². The Morgan fingerprint density at radius 1 is 1.19 bits per heavy atom. The van der Waals surface area contributed by atoms with Crippen molar-refractivity contribution in [2.75, 3.05) is 0 Å². The summed E-state index contributed by atoms with van der Waals surface area (Å²) < 4.78 is 9.13. The molecule has 0 radical (unpaired) electrons. The van der Waals surface area contributed by atoms with Crippen molar-refractivity contribution in [3.63, 3.8) is 0 Å². The summed E-state index contributed by atoms with van der Waals surface area (Å²) in [4.78, 5) is 23.9. The summed E-state index contributed by atoms with van der Waals surface area (Å²) in [6.07, 6.45) is 0. The van der Waals surface area contributed by atoms with Crippen LogP contribution in [0.4, 0.5) is 0 Å². The van der Waals surface area contributed by atoms with Crippen LogP contribution in [0.5, 0.6) is 5.75 Å². The summed E-state index contributed by atoms with van der Waals surface area (Å²) in [6, 6.07) is 9.20. The first kappa shape index (κ1) is 19.0. The fraction of sp³-hybridized carbons (Fsp3) is 0.263. The first-order valence-electron chi connectivity index (χ1n) is 8.31. The molecule has 3 rings (SSSR count). The Morgan fingerprint density at radius 2 is 1.93 bits per heavy atom. The molecule has 1 aromatic heterocycles. The van der Waals surface area contributed by atoms with Gasteiger partial charge in [-0.25, -0.2) is 4.79 Å². The van der Waals surface area contributed by atoms with E-state index in [1.807, 2.05) is 32.0 Å². The minimum Gasteiger partial charge on any atom is -0.488 e. The number of benzene rings is 2. The number of hydrogen-bond acceptors (Lipinski definition) is 5. The van der Waals surface area contributed by atoms with Gasteiger partial charge in [0.1, 0.15) is 12.4 Å². The highest BCUT2D eigenvalue weighted by Gasteiger charge is 2.15. The fourth-order valence-electron chi connectivity index (χ4n) is 2.83. The van der Waals surface area contributed by atoms with Gasteiger partial charge in [0.15, 0.2) is 5.78 Å². The summed E-state index contributed by atoms with van der Waals surface area (Å²) in [5.41, 5.74) is 3.59. The molecule has 0 aliphatic carbocycles. The second-order valence-electron chi connectivity index (χ2n) is 6.31. The highest BCUT2D eigenvalue weighted by Crippen LogP contribution is 2.30. The Balaban J connectivity index is 1.96. The SMILES string of the molecule is CC(=O)c1cc(Br)c(OCc2c(C)cccc2-n2nnn(C)c2=O)cc1C. The molecule has 27 heavy (non-hydrogen) atoms. The molecule has 3 aromatic rings. The molecule has 0 unspecified atom stereocenters. The average molecular weight is 431 g/mol. The Morgan fingerprint density at radius 3 is 2.56 bits per heavy atom. The summed E-state index contributed by atoms with van der Waals surface area (Å²) in [7, 11) is 1.55. The van der Waals surface area contributed by atoms with Gasteiger partial charge in [0.25, 0.3) is 0 Å². The van der Waals surface area contributed by atoms with Gasteiger partial charge in [-0.3, -0.25) is 4.79 Å². The molecular formula is C19H19BrN4O3. The number of aryl methyl sites for hydroxylation is 3. The quantitative estimate of drug-likeness (QED) is 0.580. The van der Waals surface area contributed by atoms with E-state index in [4.69, 9.17) is 4.74 Å². The van der Waals surface area contributed by atoms with E-state index in [1.165, 1.54) is 16.3 Å². The third-order valence-electron chi connectivity index (χ3n) is 4.37. The van der Waals surface area contributed by atoms with E-state index in [1.54, 1.807) is 19.2 Å². The van der Waals surface area contributed by atoms with Gasteiger partial charge < -0.3 is 4.74 Å². The van der Waals surface area contributed by atoms with Crippen LogP contribution in [0.1, 0.15) is 34.0 Å². The summed E-state index contributed by atoms with van der Waals surface area (Å²) in [5.74, 6) is 0.626. The van der Waals surface area contributed by atoms with Crippen molar-refractivity contribution in [3.8, 4) is 11.4 Å². The summed E-state index contributed by atoms with van der Waals surface area (Å²) in [6.45, 7) is 5.59.